The van der Waals surface area contributed by atoms with E-state index in [1.165, 1.54) is 0 Å². The minimum Gasteiger partial charge on any atom is -0.396 e. The molecule has 0 aliphatic rings. The molecule has 82 valence electrons. The van der Waals surface area contributed by atoms with E-state index in [2.05, 4.69) is 0 Å². The molecule has 0 aromatic heterocycles. The first kappa shape index (κ1) is 12.0. The van der Waals surface area contributed by atoms with Crippen LogP contribution in [-0.4, -0.2) is 22.4 Å². The molecule has 0 fully saturated rings. The van der Waals surface area contributed by atoms with E-state index in [0.717, 1.165) is 11.1 Å². The molecule has 1 aromatic rings. The molecule has 2 N–H and O–H groups in total. The quantitative estimate of drug-likeness (QED) is 0.793. The highest BCUT2D eigenvalue weighted by Crippen LogP contribution is 2.21. The van der Waals surface area contributed by atoms with Crippen molar-refractivity contribution in [3.63, 3.8) is 0 Å². The van der Waals surface area contributed by atoms with Gasteiger partial charge in [-0.3, -0.25) is 0 Å². The third-order valence-corrected chi connectivity index (χ3v) is 2.31. The van der Waals surface area contributed by atoms with Crippen molar-refractivity contribution < 1.29 is 10.2 Å². The highest BCUT2D eigenvalue weighted by atomic mass is 16.3. The molecule has 15 heavy (non-hydrogen) atoms. The van der Waals surface area contributed by atoms with E-state index in [1.54, 1.807) is 13.8 Å². The van der Waals surface area contributed by atoms with E-state index in [4.69, 9.17) is 5.11 Å². The number of hydrogen-bond donors (Lipinski definition) is 2. The highest BCUT2D eigenvalue weighted by molar-refractivity contribution is 5.54. The summed E-state index contributed by atoms with van der Waals surface area (Å²) in [7, 11) is 0. The van der Waals surface area contributed by atoms with Crippen molar-refractivity contribution in [3.05, 3.63) is 41.5 Å². The Morgan fingerprint density at radius 2 is 1.87 bits per heavy atom. The summed E-state index contributed by atoms with van der Waals surface area (Å²) in [5.74, 6) is 0. The molecule has 0 radical (unpaired) electrons. The summed E-state index contributed by atoms with van der Waals surface area (Å²) in [6.07, 6.45) is 2.43. The monoisotopic (exact) mass is 206 g/mol. The Bertz CT molecular complexity index is 320. The molecular formula is C13H18O2. The lowest BCUT2D eigenvalue weighted by atomic mass is 9.93. The van der Waals surface area contributed by atoms with Crippen LogP contribution in [0.1, 0.15) is 25.8 Å². The van der Waals surface area contributed by atoms with Gasteiger partial charge in [0.05, 0.1) is 5.60 Å². The molecule has 1 aromatic carbocycles. The Morgan fingerprint density at radius 3 is 2.33 bits per heavy atom. The van der Waals surface area contributed by atoms with Crippen LogP contribution in [0.3, 0.4) is 0 Å². The summed E-state index contributed by atoms with van der Waals surface area (Å²) in [6.45, 7) is 3.53. The maximum atomic E-state index is 9.89. The van der Waals surface area contributed by atoms with Crippen molar-refractivity contribution in [1.82, 2.24) is 0 Å². The van der Waals surface area contributed by atoms with Gasteiger partial charge < -0.3 is 10.2 Å². The van der Waals surface area contributed by atoms with Gasteiger partial charge in [0.2, 0.25) is 0 Å². The zero-order valence-electron chi connectivity index (χ0n) is 9.27. The van der Waals surface area contributed by atoms with Gasteiger partial charge in [-0.15, -0.1) is 0 Å². The van der Waals surface area contributed by atoms with Crippen molar-refractivity contribution >= 4 is 6.08 Å². The summed E-state index contributed by atoms with van der Waals surface area (Å²) in [5.41, 5.74) is 1.01. The van der Waals surface area contributed by atoms with Crippen molar-refractivity contribution in [2.24, 2.45) is 0 Å². The van der Waals surface area contributed by atoms with Gasteiger partial charge in [-0.1, -0.05) is 36.4 Å². The SMILES string of the molecule is CC(C)(O)/C(=C\c1ccccc1)CCO. The highest BCUT2D eigenvalue weighted by Gasteiger charge is 2.18. The zero-order chi connectivity index (χ0) is 11.3. The van der Waals surface area contributed by atoms with Gasteiger partial charge in [0.25, 0.3) is 0 Å². The molecule has 0 aliphatic heterocycles. The second kappa shape index (κ2) is 5.10. The third-order valence-electron chi connectivity index (χ3n) is 2.31. The molecule has 0 unspecified atom stereocenters. The van der Waals surface area contributed by atoms with E-state index in [9.17, 15) is 5.11 Å². The molecule has 0 spiro atoms. The predicted octanol–water partition coefficient (Wildman–Crippen LogP) is 2.22. The lowest BCUT2D eigenvalue weighted by Gasteiger charge is -2.21. The molecule has 0 atom stereocenters. The largest absolute Gasteiger partial charge is 0.396 e. The molecule has 0 heterocycles. The van der Waals surface area contributed by atoms with Crippen LogP contribution in [0.4, 0.5) is 0 Å². The summed E-state index contributed by atoms with van der Waals surface area (Å²) >= 11 is 0. The van der Waals surface area contributed by atoms with E-state index in [-0.39, 0.29) is 6.61 Å². The van der Waals surface area contributed by atoms with Crippen molar-refractivity contribution in [2.75, 3.05) is 6.61 Å². The van der Waals surface area contributed by atoms with E-state index in [0.29, 0.717) is 6.42 Å². The minimum absolute atomic E-state index is 0.0582. The fourth-order valence-corrected chi connectivity index (χ4v) is 1.43. The van der Waals surface area contributed by atoms with Crippen LogP contribution in [0, 0.1) is 0 Å². The Morgan fingerprint density at radius 1 is 1.27 bits per heavy atom. The third kappa shape index (κ3) is 3.86. The van der Waals surface area contributed by atoms with Crippen molar-refractivity contribution in [3.8, 4) is 0 Å². The summed E-state index contributed by atoms with van der Waals surface area (Å²) in [6, 6.07) is 9.80. The number of hydrogen-bond acceptors (Lipinski definition) is 2. The van der Waals surface area contributed by atoms with Gasteiger partial charge in [0.1, 0.15) is 0 Å². The fraction of sp³-hybridized carbons (Fsp3) is 0.385. The van der Waals surface area contributed by atoms with Crippen LogP contribution >= 0.6 is 0 Å². The molecule has 1 rings (SSSR count). The molecule has 0 saturated heterocycles. The molecule has 2 nitrogen and oxygen atoms in total. The Kier molecular flexibility index (Phi) is 4.06. The van der Waals surface area contributed by atoms with Gasteiger partial charge in [-0.25, -0.2) is 0 Å². The van der Waals surface area contributed by atoms with Crippen molar-refractivity contribution in [2.45, 2.75) is 25.9 Å². The number of aliphatic hydroxyl groups excluding tert-OH is 1. The molecule has 0 aliphatic carbocycles. The summed E-state index contributed by atoms with van der Waals surface area (Å²) in [4.78, 5) is 0. The van der Waals surface area contributed by atoms with Crippen LogP contribution < -0.4 is 0 Å². The standard InChI is InChI=1S/C13H18O2/c1-13(2,15)12(8-9-14)10-11-6-4-3-5-7-11/h3-7,10,14-15H,8-9H2,1-2H3/b12-10-. The Hall–Kier alpha value is -1.12. The first-order valence-corrected chi connectivity index (χ1v) is 5.13. The summed E-state index contributed by atoms with van der Waals surface area (Å²) in [5, 5.41) is 18.8. The van der Waals surface area contributed by atoms with Gasteiger partial charge in [-0.05, 0) is 31.4 Å². The van der Waals surface area contributed by atoms with Gasteiger partial charge in [0, 0.05) is 6.61 Å². The lowest BCUT2D eigenvalue weighted by molar-refractivity contribution is 0.113. The van der Waals surface area contributed by atoms with Crippen LogP contribution in [0.15, 0.2) is 35.9 Å². The molecule has 0 saturated carbocycles. The normalized spacial score (nSPS) is 12.9. The molecular weight excluding hydrogens is 188 g/mol. The summed E-state index contributed by atoms with van der Waals surface area (Å²) < 4.78 is 0. The van der Waals surface area contributed by atoms with Crippen LogP contribution in [-0.2, 0) is 0 Å². The maximum absolute atomic E-state index is 9.89. The first-order valence-electron chi connectivity index (χ1n) is 5.13. The predicted molar refractivity (Wildman–Crippen MR) is 62.4 cm³/mol. The number of aliphatic hydroxyl groups is 2. The van der Waals surface area contributed by atoms with Gasteiger partial charge in [0.15, 0.2) is 0 Å². The smallest absolute Gasteiger partial charge is 0.0804 e. The number of benzene rings is 1. The topological polar surface area (TPSA) is 40.5 Å². The fourth-order valence-electron chi connectivity index (χ4n) is 1.43. The Balaban J connectivity index is 2.94. The van der Waals surface area contributed by atoms with Crippen LogP contribution in [0.2, 0.25) is 0 Å². The van der Waals surface area contributed by atoms with E-state index < -0.39 is 5.60 Å². The molecule has 2 heteroatoms. The van der Waals surface area contributed by atoms with Gasteiger partial charge >= 0.3 is 0 Å². The van der Waals surface area contributed by atoms with Gasteiger partial charge in [-0.2, -0.15) is 0 Å². The lowest BCUT2D eigenvalue weighted by Crippen LogP contribution is -2.22. The maximum Gasteiger partial charge on any atom is 0.0804 e. The van der Waals surface area contributed by atoms with Crippen LogP contribution in [0.25, 0.3) is 6.08 Å². The molecule has 0 amide bonds. The van der Waals surface area contributed by atoms with E-state index in [1.807, 2.05) is 36.4 Å². The Labute approximate surface area is 90.9 Å². The minimum atomic E-state index is -0.876. The number of rotatable bonds is 4. The molecule has 0 bridgehead atoms. The second-order valence-electron chi connectivity index (χ2n) is 4.11. The van der Waals surface area contributed by atoms with Crippen molar-refractivity contribution in [1.29, 1.82) is 0 Å². The first-order chi connectivity index (χ1) is 7.04. The zero-order valence-corrected chi connectivity index (χ0v) is 9.27. The average Bonchev–Trinajstić information content (AvgIpc) is 2.17. The van der Waals surface area contributed by atoms with Crippen LogP contribution in [0.5, 0.6) is 0 Å². The average molecular weight is 206 g/mol. The van der Waals surface area contributed by atoms with E-state index >= 15 is 0 Å². The second-order valence-corrected chi connectivity index (χ2v) is 4.11.